The highest BCUT2D eigenvalue weighted by Crippen LogP contribution is 2.16. The third-order valence-electron chi connectivity index (χ3n) is 3.38. The molecule has 0 aromatic heterocycles. The smallest absolute Gasteiger partial charge is 0.188 e. The van der Waals surface area contributed by atoms with Crippen LogP contribution >= 0.6 is 0 Å². The summed E-state index contributed by atoms with van der Waals surface area (Å²) in [5.41, 5.74) is 5.87. The van der Waals surface area contributed by atoms with Gasteiger partial charge in [-0.05, 0) is 25.9 Å². The van der Waals surface area contributed by atoms with E-state index in [0.717, 1.165) is 13.1 Å². The molecule has 0 aromatic rings. The SMILES string of the molecule is CCC(CC)C(CNC(N)=NCC(C)C)N(C)C. The van der Waals surface area contributed by atoms with Crippen molar-refractivity contribution in [2.75, 3.05) is 27.2 Å². The summed E-state index contributed by atoms with van der Waals surface area (Å²) in [7, 11) is 4.26. The monoisotopic (exact) mass is 256 g/mol. The Morgan fingerprint density at radius 2 is 1.78 bits per heavy atom. The average molecular weight is 256 g/mol. The van der Waals surface area contributed by atoms with Crippen molar-refractivity contribution in [1.82, 2.24) is 10.2 Å². The molecule has 0 aliphatic heterocycles. The Hall–Kier alpha value is -0.770. The van der Waals surface area contributed by atoms with Crippen molar-refractivity contribution in [2.24, 2.45) is 22.6 Å². The topological polar surface area (TPSA) is 53.6 Å². The number of guanidine groups is 1. The van der Waals surface area contributed by atoms with Gasteiger partial charge in [-0.1, -0.05) is 40.5 Å². The molecule has 0 spiro atoms. The fourth-order valence-corrected chi connectivity index (χ4v) is 2.15. The van der Waals surface area contributed by atoms with E-state index in [2.05, 4.69) is 57.0 Å². The maximum atomic E-state index is 5.87. The second-order valence-corrected chi connectivity index (χ2v) is 5.61. The molecule has 0 amide bonds. The molecule has 0 aromatic carbocycles. The van der Waals surface area contributed by atoms with Crippen molar-refractivity contribution >= 4 is 5.96 Å². The molecule has 1 atom stereocenters. The Morgan fingerprint density at radius 1 is 1.22 bits per heavy atom. The molecule has 108 valence electrons. The number of hydrogen-bond donors (Lipinski definition) is 2. The summed E-state index contributed by atoms with van der Waals surface area (Å²) in [5, 5.41) is 3.25. The first-order chi connectivity index (χ1) is 8.42. The molecule has 0 radical (unpaired) electrons. The van der Waals surface area contributed by atoms with E-state index in [-0.39, 0.29) is 0 Å². The van der Waals surface area contributed by atoms with Gasteiger partial charge < -0.3 is 16.0 Å². The van der Waals surface area contributed by atoms with Crippen LogP contribution in [0.25, 0.3) is 0 Å². The van der Waals surface area contributed by atoms with Gasteiger partial charge in [0, 0.05) is 19.1 Å². The number of likely N-dealkylation sites (N-methyl/N-ethyl adjacent to an activating group) is 1. The van der Waals surface area contributed by atoms with Gasteiger partial charge in [0.15, 0.2) is 5.96 Å². The number of aliphatic imine (C=N–C) groups is 1. The minimum absolute atomic E-state index is 0.507. The summed E-state index contributed by atoms with van der Waals surface area (Å²) in [6.45, 7) is 10.4. The zero-order chi connectivity index (χ0) is 14.1. The zero-order valence-corrected chi connectivity index (χ0v) is 13.0. The van der Waals surface area contributed by atoms with Gasteiger partial charge in [-0.15, -0.1) is 0 Å². The summed E-state index contributed by atoms with van der Waals surface area (Å²) < 4.78 is 0. The lowest BCUT2D eigenvalue weighted by molar-refractivity contribution is 0.200. The quantitative estimate of drug-likeness (QED) is 0.515. The average Bonchev–Trinajstić information content (AvgIpc) is 2.31. The van der Waals surface area contributed by atoms with Crippen molar-refractivity contribution in [1.29, 1.82) is 0 Å². The third kappa shape index (κ3) is 6.84. The molecule has 0 saturated carbocycles. The van der Waals surface area contributed by atoms with Gasteiger partial charge in [0.05, 0.1) is 0 Å². The fraction of sp³-hybridized carbons (Fsp3) is 0.929. The molecule has 0 saturated heterocycles. The van der Waals surface area contributed by atoms with E-state index in [0.29, 0.717) is 23.8 Å². The van der Waals surface area contributed by atoms with Crippen LogP contribution in [0.3, 0.4) is 0 Å². The third-order valence-corrected chi connectivity index (χ3v) is 3.38. The van der Waals surface area contributed by atoms with Crippen molar-refractivity contribution in [3.8, 4) is 0 Å². The van der Waals surface area contributed by atoms with Gasteiger partial charge in [-0.2, -0.15) is 0 Å². The highest BCUT2D eigenvalue weighted by molar-refractivity contribution is 5.77. The van der Waals surface area contributed by atoms with Crippen LogP contribution in [-0.2, 0) is 0 Å². The molecule has 0 bridgehead atoms. The number of nitrogens with zero attached hydrogens (tertiary/aromatic N) is 2. The molecule has 0 fully saturated rings. The van der Waals surface area contributed by atoms with E-state index in [1.807, 2.05) is 0 Å². The van der Waals surface area contributed by atoms with E-state index in [4.69, 9.17) is 5.73 Å². The Kier molecular flexibility index (Phi) is 8.81. The molecule has 4 heteroatoms. The predicted molar refractivity (Wildman–Crippen MR) is 80.9 cm³/mol. The van der Waals surface area contributed by atoms with Gasteiger partial charge in [0.2, 0.25) is 0 Å². The Balaban J connectivity index is 4.31. The summed E-state index contributed by atoms with van der Waals surface area (Å²) in [6.07, 6.45) is 2.40. The minimum Gasteiger partial charge on any atom is -0.370 e. The molecular formula is C14H32N4. The van der Waals surface area contributed by atoms with E-state index in [1.54, 1.807) is 0 Å². The van der Waals surface area contributed by atoms with E-state index >= 15 is 0 Å². The normalized spacial score (nSPS) is 14.6. The van der Waals surface area contributed by atoms with Crippen LogP contribution < -0.4 is 11.1 Å². The molecule has 0 heterocycles. The summed E-state index contributed by atoms with van der Waals surface area (Å²) in [6, 6.07) is 0.507. The van der Waals surface area contributed by atoms with Crippen molar-refractivity contribution < 1.29 is 0 Å². The first-order valence-electron chi connectivity index (χ1n) is 7.12. The molecule has 0 aliphatic rings. The maximum absolute atomic E-state index is 5.87. The molecule has 0 aliphatic carbocycles. The maximum Gasteiger partial charge on any atom is 0.188 e. The fourth-order valence-electron chi connectivity index (χ4n) is 2.15. The van der Waals surface area contributed by atoms with Crippen molar-refractivity contribution in [3.05, 3.63) is 0 Å². The van der Waals surface area contributed by atoms with Crippen LogP contribution in [0.5, 0.6) is 0 Å². The predicted octanol–water partition coefficient (Wildman–Crippen LogP) is 1.91. The summed E-state index contributed by atoms with van der Waals surface area (Å²) in [4.78, 5) is 6.61. The standard InChI is InChI=1S/C14H32N4/c1-7-12(8-2)13(18(5)6)10-17-14(15)16-9-11(3)4/h11-13H,7-10H2,1-6H3,(H3,15,16,17). The van der Waals surface area contributed by atoms with Gasteiger partial charge in [0.1, 0.15) is 0 Å². The van der Waals surface area contributed by atoms with Crippen LogP contribution in [0.2, 0.25) is 0 Å². The first-order valence-corrected chi connectivity index (χ1v) is 7.12. The number of nitrogens with one attached hydrogen (secondary N) is 1. The van der Waals surface area contributed by atoms with Crippen LogP contribution in [0.4, 0.5) is 0 Å². The Labute approximate surface area is 113 Å². The molecule has 1 unspecified atom stereocenters. The highest BCUT2D eigenvalue weighted by Gasteiger charge is 2.20. The Bertz CT molecular complexity index is 232. The minimum atomic E-state index is 0.507. The van der Waals surface area contributed by atoms with Crippen molar-refractivity contribution in [3.63, 3.8) is 0 Å². The number of nitrogens with two attached hydrogens (primary N) is 1. The van der Waals surface area contributed by atoms with Crippen LogP contribution in [0.15, 0.2) is 4.99 Å². The molecule has 3 N–H and O–H groups in total. The van der Waals surface area contributed by atoms with Gasteiger partial charge >= 0.3 is 0 Å². The van der Waals surface area contributed by atoms with Gasteiger partial charge in [0.25, 0.3) is 0 Å². The second-order valence-electron chi connectivity index (χ2n) is 5.61. The molecule has 0 rings (SSSR count). The summed E-state index contributed by atoms with van der Waals surface area (Å²) >= 11 is 0. The second kappa shape index (κ2) is 9.20. The molecule has 4 nitrogen and oxygen atoms in total. The summed E-state index contributed by atoms with van der Waals surface area (Å²) in [5.74, 6) is 1.82. The van der Waals surface area contributed by atoms with Crippen LogP contribution in [0.1, 0.15) is 40.5 Å². The molecule has 18 heavy (non-hydrogen) atoms. The van der Waals surface area contributed by atoms with E-state index in [9.17, 15) is 0 Å². The van der Waals surface area contributed by atoms with E-state index in [1.165, 1.54) is 12.8 Å². The lowest BCUT2D eigenvalue weighted by Crippen LogP contribution is -2.46. The molecular weight excluding hydrogens is 224 g/mol. The lowest BCUT2D eigenvalue weighted by Gasteiger charge is -2.31. The number of rotatable bonds is 8. The van der Waals surface area contributed by atoms with E-state index < -0.39 is 0 Å². The van der Waals surface area contributed by atoms with Crippen molar-refractivity contribution in [2.45, 2.75) is 46.6 Å². The lowest BCUT2D eigenvalue weighted by atomic mass is 9.93. The van der Waals surface area contributed by atoms with Gasteiger partial charge in [-0.3, -0.25) is 4.99 Å². The number of hydrogen-bond acceptors (Lipinski definition) is 2. The first kappa shape index (κ1) is 17.2. The zero-order valence-electron chi connectivity index (χ0n) is 13.0. The van der Waals surface area contributed by atoms with Crippen LogP contribution in [0, 0.1) is 11.8 Å². The van der Waals surface area contributed by atoms with Gasteiger partial charge in [-0.25, -0.2) is 0 Å². The highest BCUT2D eigenvalue weighted by atomic mass is 15.2. The Morgan fingerprint density at radius 3 is 2.17 bits per heavy atom. The largest absolute Gasteiger partial charge is 0.370 e. The van der Waals surface area contributed by atoms with Crippen LogP contribution in [-0.4, -0.2) is 44.1 Å².